The van der Waals surface area contributed by atoms with Gasteiger partial charge in [-0.1, -0.05) is 12.1 Å². The van der Waals surface area contributed by atoms with Crippen LogP contribution in [0.2, 0.25) is 0 Å². The van der Waals surface area contributed by atoms with E-state index in [9.17, 15) is 10.2 Å². The van der Waals surface area contributed by atoms with Gasteiger partial charge in [0.2, 0.25) is 0 Å². The normalized spacial score (nSPS) is 12.1. The summed E-state index contributed by atoms with van der Waals surface area (Å²) in [5, 5.41) is 18.4. The van der Waals surface area contributed by atoms with Crippen molar-refractivity contribution < 1.29 is 36.4 Å². The first-order chi connectivity index (χ1) is 14.3. The van der Waals surface area contributed by atoms with E-state index in [-0.39, 0.29) is 26.2 Å². The van der Waals surface area contributed by atoms with Crippen molar-refractivity contribution >= 4 is 0 Å². The van der Waals surface area contributed by atoms with Gasteiger partial charge in [0.1, 0.15) is 11.5 Å². The van der Waals surface area contributed by atoms with Crippen LogP contribution in [0.25, 0.3) is 0 Å². The van der Waals surface area contributed by atoms with Crippen LogP contribution in [0.1, 0.15) is 46.2 Å². The molecule has 0 radical (unpaired) electrons. The average molecular weight is 494 g/mol. The van der Waals surface area contributed by atoms with Gasteiger partial charge in [0.15, 0.2) is 0 Å². The van der Waals surface area contributed by atoms with Crippen LogP contribution >= 0.6 is 0 Å². The number of aromatic hydroxyl groups is 2. The number of benzene rings is 2. The fourth-order valence-corrected chi connectivity index (χ4v) is 2.56. The molecule has 2 aromatic rings. The van der Waals surface area contributed by atoms with Crippen LogP contribution in [-0.2, 0) is 26.2 Å². The Morgan fingerprint density at radius 3 is 1.13 bits per heavy atom. The van der Waals surface area contributed by atoms with Crippen molar-refractivity contribution in [3.05, 3.63) is 106 Å². The summed E-state index contributed by atoms with van der Waals surface area (Å²) in [7, 11) is 0. The molecule has 0 amide bonds. The van der Waals surface area contributed by atoms with Crippen molar-refractivity contribution in [2.45, 2.75) is 54.4 Å². The van der Waals surface area contributed by atoms with E-state index in [1.165, 1.54) is 22.3 Å². The van der Waals surface area contributed by atoms with Gasteiger partial charge in [-0.3, -0.25) is 12.2 Å². The minimum atomic E-state index is 0. The van der Waals surface area contributed by atoms with Crippen molar-refractivity contribution in [3.63, 3.8) is 0 Å². The van der Waals surface area contributed by atoms with E-state index in [0.717, 1.165) is 24.0 Å². The minimum absolute atomic E-state index is 0. The summed E-state index contributed by atoms with van der Waals surface area (Å²) >= 11 is 0. The van der Waals surface area contributed by atoms with E-state index in [4.69, 9.17) is 0 Å². The predicted molar refractivity (Wildman–Crippen MR) is 128 cm³/mol. The molecule has 0 atom stereocenters. The van der Waals surface area contributed by atoms with Gasteiger partial charge in [0, 0.05) is 0 Å². The van der Waals surface area contributed by atoms with Gasteiger partial charge in [0.05, 0.1) is 0 Å². The second-order valence-corrected chi connectivity index (χ2v) is 7.31. The Hall–Kier alpha value is -2.12. The second-order valence-electron chi connectivity index (χ2n) is 7.31. The van der Waals surface area contributed by atoms with Crippen molar-refractivity contribution in [1.29, 1.82) is 0 Å². The molecule has 0 heterocycles. The molecule has 0 saturated heterocycles. The summed E-state index contributed by atoms with van der Waals surface area (Å²) in [5.41, 5.74) is 6.80. The second kappa shape index (κ2) is 15.7. The molecule has 2 aliphatic carbocycles. The molecule has 2 nitrogen and oxygen atoms in total. The first kappa shape index (κ1) is 28.9. The zero-order valence-corrected chi connectivity index (χ0v) is 22.0. The largest absolute Gasteiger partial charge is 2.00 e. The van der Waals surface area contributed by atoms with Crippen molar-refractivity contribution in [3.8, 4) is 11.5 Å². The van der Waals surface area contributed by atoms with Gasteiger partial charge in [0.25, 0.3) is 0 Å². The molecular formula is C28H34O2Zr. The van der Waals surface area contributed by atoms with Crippen LogP contribution in [-0.4, -0.2) is 10.2 Å². The van der Waals surface area contributed by atoms with Gasteiger partial charge >= 0.3 is 26.2 Å². The first-order valence-electron chi connectivity index (χ1n) is 10.2. The smallest absolute Gasteiger partial charge is 0.508 e. The van der Waals surface area contributed by atoms with E-state index < -0.39 is 0 Å². The molecule has 162 valence electrons. The Bertz CT molecular complexity index is 783. The Labute approximate surface area is 207 Å². The summed E-state index contributed by atoms with van der Waals surface area (Å²) in [6.07, 6.45) is 20.0. The van der Waals surface area contributed by atoms with Crippen LogP contribution in [0, 0.1) is 53.7 Å². The van der Waals surface area contributed by atoms with Crippen molar-refractivity contribution in [2.75, 3.05) is 0 Å². The molecule has 3 heteroatoms. The molecule has 2 aliphatic rings. The molecule has 4 rings (SSSR count). The quantitative estimate of drug-likeness (QED) is 0.380. The number of phenols is 2. The van der Waals surface area contributed by atoms with Crippen LogP contribution in [0.3, 0.4) is 0 Å². The Morgan fingerprint density at radius 1 is 0.581 bits per heavy atom. The number of hydrogen-bond acceptors (Lipinski definition) is 2. The van der Waals surface area contributed by atoms with Crippen LogP contribution < -0.4 is 0 Å². The van der Waals surface area contributed by atoms with E-state index >= 15 is 0 Å². The van der Waals surface area contributed by atoms with E-state index in [2.05, 4.69) is 24.3 Å². The topological polar surface area (TPSA) is 40.5 Å². The van der Waals surface area contributed by atoms with E-state index in [1.54, 1.807) is 12.1 Å². The molecule has 0 saturated carbocycles. The molecule has 0 fully saturated rings. The summed E-state index contributed by atoms with van der Waals surface area (Å²) in [5.74, 6) is 0.784. The van der Waals surface area contributed by atoms with Gasteiger partial charge in [-0.15, -0.1) is 12.8 Å². The third-order valence-electron chi connectivity index (χ3n) is 5.23. The summed E-state index contributed by atoms with van der Waals surface area (Å²) in [6, 6.07) is 7.32. The standard InChI is InChI=1S/2C9H12O.2C5H5.Zr/c2*1-6-4-5-9(10)8(3)7(6)2;2*1-2-4-5-3-1;/h2*4-5,10H,1-3H3;2*1-3H,4H2;/q;;2*-1;+2. The molecule has 2 N–H and O–H groups in total. The van der Waals surface area contributed by atoms with E-state index in [0.29, 0.717) is 11.5 Å². The maximum atomic E-state index is 9.22. The predicted octanol–water partition coefficient (Wildman–Crippen LogP) is 7.24. The Morgan fingerprint density at radius 2 is 0.935 bits per heavy atom. The molecule has 31 heavy (non-hydrogen) atoms. The maximum absolute atomic E-state index is 9.22. The number of aryl methyl sites for hydroxylation is 2. The number of hydrogen-bond donors (Lipinski definition) is 2. The SMILES string of the molecule is Cc1ccc(O)c(C)c1C.Cc1ccc(O)c(C)c1C.[C-]1=CC=CC1.[C-]1=CC=CC1.[Zr+2]. The van der Waals surface area contributed by atoms with Crippen LogP contribution in [0.5, 0.6) is 11.5 Å². The zero-order chi connectivity index (χ0) is 22.5. The molecule has 0 aromatic heterocycles. The third-order valence-corrected chi connectivity index (χ3v) is 5.23. The van der Waals surface area contributed by atoms with Crippen LogP contribution in [0.4, 0.5) is 0 Å². The molecule has 2 aromatic carbocycles. The zero-order valence-electron chi connectivity index (χ0n) is 19.6. The molecule has 0 spiro atoms. The van der Waals surface area contributed by atoms with Gasteiger partial charge in [-0.25, -0.2) is 24.3 Å². The van der Waals surface area contributed by atoms with Gasteiger partial charge in [-0.2, -0.15) is 12.2 Å². The minimum Gasteiger partial charge on any atom is -0.508 e. The van der Waals surface area contributed by atoms with Crippen LogP contribution in [0.15, 0.2) is 60.7 Å². The van der Waals surface area contributed by atoms with Gasteiger partial charge in [-0.05, 0) is 87.1 Å². The maximum Gasteiger partial charge on any atom is 2.00 e. The summed E-state index contributed by atoms with van der Waals surface area (Å²) in [6.45, 7) is 12.0. The van der Waals surface area contributed by atoms with Crippen molar-refractivity contribution in [1.82, 2.24) is 0 Å². The molecule has 0 unspecified atom stereocenters. The Kier molecular flexibility index (Phi) is 14.6. The molecule has 0 aliphatic heterocycles. The fraction of sp³-hybridized carbons (Fsp3) is 0.286. The average Bonchev–Trinajstić information content (AvgIpc) is 3.50. The molecular weight excluding hydrogens is 460 g/mol. The van der Waals surface area contributed by atoms with Crippen molar-refractivity contribution in [2.24, 2.45) is 0 Å². The Balaban J connectivity index is 0.000000401. The number of phenolic OH excluding ortho intramolecular Hbond substituents is 2. The van der Waals surface area contributed by atoms with Gasteiger partial charge < -0.3 is 10.2 Å². The third kappa shape index (κ3) is 10.6. The molecule has 0 bridgehead atoms. The first-order valence-corrected chi connectivity index (χ1v) is 10.2. The van der Waals surface area contributed by atoms with E-state index in [1.807, 2.05) is 78.0 Å². The summed E-state index contributed by atoms with van der Waals surface area (Å²) < 4.78 is 0. The fourth-order valence-electron chi connectivity index (χ4n) is 2.56. The number of rotatable bonds is 0. The number of allylic oxidation sites excluding steroid dienone is 8. The summed E-state index contributed by atoms with van der Waals surface area (Å²) in [4.78, 5) is 0. The monoisotopic (exact) mass is 492 g/mol.